The second kappa shape index (κ2) is 3.94. The van der Waals surface area contributed by atoms with E-state index in [9.17, 15) is 8.42 Å². The van der Waals surface area contributed by atoms with Crippen LogP contribution in [-0.4, -0.2) is 23.4 Å². The molecule has 0 aromatic carbocycles. The monoisotopic (exact) mass is 267 g/mol. The highest BCUT2D eigenvalue weighted by molar-refractivity contribution is 7.90. The van der Waals surface area contributed by atoms with Crippen molar-refractivity contribution in [2.45, 2.75) is 36.6 Å². The molecule has 6 nitrogen and oxygen atoms in total. The molecule has 2 aromatic heterocycles. The van der Waals surface area contributed by atoms with Crippen molar-refractivity contribution in [1.82, 2.24) is 15.0 Å². The molecule has 7 heteroatoms. The number of hydrogen-bond donors (Lipinski definition) is 1. The van der Waals surface area contributed by atoms with Crippen LogP contribution in [0.2, 0.25) is 0 Å². The zero-order chi connectivity index (χ0) is 12.8. The molecule has 0 aliphatic heterocycles. The smallest absolute Gasteiger partial charge is 0.225 e. The summed E-state index contributed by atoms with van der Waals surface area (Å²) in [6.45, 7) is 1.75. The van der Waals surface area contributed by atoms with Gasteiger partial charge in [-0.1, -0.05) is 0 Å². The second-order valence-corrected chi connectivity index (χ2v) is 6.47. The maximum atomic E-state index is 12.0. The average molecular weight is 267 g/mol. The fourth-order valence-electron chi connectivity index (χ4n) is 1.73. The number of sulfone groups is 1. The van der Waals surface area contributed by atoms with Gasteiger partial charge in [-0.05, 0) is 19.8 Å². The Kier molecular flexibility index (Phi) is 2.51. The minimum atomic E-state index is -3.51. The van der Waals surface area contributed by atoms with E-state index in [1.807, 2.05) is 0 Å². The van der Waals surface area contributed by atoms with E-state index >= 15 is 0 Å². The highest BCUT2D eigenvalue weighted by Crippen LogP contribution is 2.40. The summed E-state index contributed by atoms with van der Waals surface area (Å²) < 4.78 is 29.5. The van der Waals surface area contributed by atoms with Crippen LogP contribution < -0.4 is 0 Å². The Morgan fingerprint density at radius 2 is 2.17 bits per heavy atom. The quantitative estimate of drug-likeness (QED) is 0.908. The van der Waals surface area contributed by atoms with E-state index in [-0.39, 0.29) is 16.8 Å². The van der Waals surface area contributed by atoms with Crippen LogP contribution in [0.4, 0.5) is 0 Å². The summed E-state index contributed by atoms with van der Waals surface area (Å²) in [5.41, 5.74) is 0.708. The van der Waals surface area contributed by atoms with Gasteiger partial charge >= 0.3 is 0 Å². The fraction of sp³-hybridized carbons (Fsp3) is 0.455. The highest BCUT2D eigenvalue weighted by atomic mass is 32.2. The van der Waals surface area contributed by atoms with E-state index in [1.54, 1.807) is 13.1 Å². The molecule has 0 unspecified atom stereocenters. The fourth-order valence-corrected chi connectivity index (χ4v) is 2.85. The maximum Gasteiger partial charge on any atom is 0.225 e. The Labute approximate surface area is 104 Å². The van der Waals surface area contributed by atoms with Crippen molar-refractivity contribution in [3.05, 3.63) is 29.7 Å². The largest absolute Gasteiger partial charge is 0.444 e. The Morgan fingerprint density at radius 3 is 2.78 bits per heavy atom. The first kappa shape index (κ1) is 11.5. The summed E-state index contributed by atoms with van der Waals surface area (Å²) in [5, 5.41) is -0.0360. The molecule has 1 aliphatic rings. The SMILES string of the molecule is Cc1cnc(S(=O)(=O)Cc2ncc(C3CC3)o2)[nH]1. The molecular weight excluding hydrogens is 254 g/mol. The van der Waals surface area contributed by atoms with Gasteiger partial charge in [0.1, 0.15) is 11.5 Å². The van der Waals surface area contributed by atoms with Gasteiger partial charge in [0, 0.05) is 17.8 Å². The summed E-state index contributed by atoms with van der Waals surface area (Å²) in [6, 6.07) is 0. The zero-order valence-corrected chi connectivity index (χ0v) is 10.7. The number of imidazole rings is 1. The number of oxazole rings is 1. The molecule has 0 radical (unpaired) electrons. The Morgan fingerprint density at radius 1 is 1.39 bits per heavy atom. The van der Waals surface area contributed by atoms with Gasteiger partial charge in [-0.3, -0.25) is 0 Å². The van der Waals surface area contributed by atoms with Gasteiger partial charge in [0.15, 0.2) is 0 Å². The highest BCUT2D eigenvalue weighted by Gasteiger charge is 2.29. The molecule has 0 bridgehead atoms. The predicted molar refractivity (Wildman–Crippen MR) is 62.7 cm³/mol. The first-order valence-corrected chi connectivity index (χ1v) is 7.39. The normalized spacial score (nSPS) is 16.1. The van der Waals surface area contributed by atoms with Crippen molar-refractivity contribution < 1.29 is 12.8 Å². The maximum absolute atomic E-state index is 12.0. The van der Waals surface area contributed by atoms with Crippen LogP contribution in [0.3, 0.4) is 0 Å². The molecule has 0 atom stereocenters. The van der Waals surface area contributed by atoms with Crippen molar-refractivity contribution >= 4 is 9.84 Å². The van der Waals surface area contributed by atoms with Crippen molar-refractivity contribution in [3.63, 3.8) is 0 Å². The number of nitrogens with one attached hydrogen (secondary N) is 1. The number of aromatic amines is 1. The third-order valence-corrected chi connectivity index (χ3v) is 4.26. The minimum Gasteiger partial charge on any atom is -0.444 e. The molecule has 1 N–H and O–H groups in total. The summed E-state index contributed by atoms with van der Waals surface area (Å²) >= 11 is 0. The van der Waals surface area contributed by atoms with Crippen LogP contribution >= 0.6 is 0 Å². The van der Waals surface area contributed by atoms with E-state index in [0.29, 0.717) is 11.6 Å². The number of H-pyrrole nitrogens is 1. The molecule has 2 aromatic rings. The van der Waals surface area contributed by atoms with Crippen LogP contribution in [0.15, 0.2) is 22.0 Å². The van der Waals surface area contributed by atoms with Gasteiger partial charge in [-0.15, -0.1) is 0 Å². The van der Waals surface area contributed by atoms with E-state index in [2.05, 4.69) is 15.0 Å². The number of rotatable bonds is 4. The molecule has 0 spiro atoms. The number of nitrogens with zero attached hydrogens (tertiary/aromatic N) is 2. The number of hydrogen-bond acceptors (Lipinski definition) is 5. The molecule has 0 saturated heterocycles. The third kappa shape index (κ3) is 2.17. The molecule has 1 fully saturated rings. The summed E-state index contributed by atoms with van der Waals surface area (Å²) in [4.78, 5) is 10.5. The van der Waals surface area contributed by atoms with Gasteiger partial charge in [0.25, 0.3) is 0 Å². The average Bonchev–Trinajstić information content (AvgIpc) is 2.89. The lowest BCUT2D eigenvalue weighted by atomic mass is 10.3. The Hall–Kier alpha value is -1.63. The van der Waals surface area contributed by atoms with Gasteiger partial charge in [-0.2, -0.15) is 0 Å². The Bertz CT molecular complexity index is 667. The Balaban J connectivity index is 1.81. The lowest BCUT2D eigenvalue weighted by Crippen LogP contribution is -2.07. The topological polar surface area (TPSA) is 88.8 Å². The van der Waals surface area contributed by atoms with Gasteiger partial charge in [-0.25, -0.2) is 18.4 Å². The van der Waals surface area contributed by atoms with Gasteiger partial charge in [0.05, 0.1) is 6.20 Å². The zero-order valence-electron chi connectivity index (χ0n) is 9.88. The van der Waals surface area contributed by atoms with Crippen LogP contribution in [0.1, 0.15) is 36.1 Å². The first-order valence-electron chi connectivity index (χ1n) is 5.73. The lowest BCUT2D eigenvalue weighted by molar-refractivity contribution is 0.467. The van der Waals surface area contributed by atoms with Crippen molar-refractivity contribution in [2.75, 3.05) is 0 Å². The molecule has 2 heterocycles. The summed E-state index contributed by atoms with van der Waals surface area (Å²) in [5.74, 6) is 1.19. The molecule has 96 valence electrons. The standard InChI is InChI=1S/C11H13N3O3S/c1-7-4-13-11(14-7)18(15,16)6-10-12-5-9(17-10)8-2-3-8/h4-5,8H,2-3,6H2,1H3,(H,13,14). The molecular formula is C11H13N3O3S. The molecule has 3 rings (SSSR count). The van der Waals surface area contributed by atoms with E-state index < -0.39 is 9.84 Å². The predicted octanol–water partition coefficient (Wildman–Crippen LogP) is 1.56. The molecule has 1 saturated carbocycles. The summed E-state index contributed by atoms with van der Waals surface area (Å²) in [6.07, 6.45) is 5.30. The molecule has 0 amide bonds. The lowest BCUT2D eigenvalue weighted by Gasteiger charge is -1.97. The van der Waals surface area contributed by atoms with E-state index in [1.165, 1.54) is 6.20 Å². The van der Waals surface area contributed by atoms with Crippen molar-refractivity contribution in [2.24, 2.45) is 0 Å². The van der Waals surface area contributed by atoms with Crippen molar-refractivity contribution in [1.29, 1.82) is 0 Å². The third-order valence-electron chi connectivity index (χ3n) is 2.84. The van der Waals surface area contributed by atoms with Crippen molar-refractivity contribution in [3.8, 4) is 0 Å². The minimum absolute atomic E-state index is 0.0360. The summed E-state index contributed by atoms with van der Waals surface area (Å²) in [7, 11) is -3.51. The number of aryl methyl sites for hydroxylation is 1. The van der Waals surface area contributed by atoms with Crippen LogP contribution in [-0.2, 0) is 15.6 Å². The molecule has 18 heavy (non-hydrogen) atoms. The molecule has 1 aliphatic carbocycles. The van der Waals surface area contributed by atoms with Crippen LogP contribution in [0.5, 0.6) is 0 Å². The first-order chi connectivity index (χ1) is 8.54. The van der Waals surface area contributed by atoms with Crippen LogP contribution in [0.25, 0.3) is 0 Å². The van der Waals surface area contributed by atoms with Gasteiger partial charge < -0.3 is 9.40 Å². The number of aromatic nitrogens is 3. The van der Waals surface area contributed by atoms with Gasteiger partial charge in [0.2, 0.25) is 20.9 Å². The van der Waals surface area contributed by atoms with E-state index in [4.69, 9.17) is 4.42 Å². The van der Waals surface area contributed by atoms with Crippen LogP contribution in [0, 0.1) is 6.92 Å². The van der Waals surface area contributed by atoms with E-state index in [0.717, 1.165) is 18.6 Å². The second-order valence-electron chi connectivity index (χ2n) is 4.56.